The van der Waals surface area contributed by atoms with E-state index >= 15 is 0 Å². The van der Waals surface area contributed by atoms with E-state index in [1.54, 1.807) is 6.08 Å². The predicted molar refractivity (Wildman–Crippen MR) is 104 cm³/mol. The Morgan fingerprint density at radius 2 is 1.89 bits per heavy atom. The summed E-state index contributed by atoms with van der Waals surface area (Å²) in [7, 11) is 0. The van der Waals surface area contributed by atoms with E-state index in [1.165, 1.54) is 31.1 Å². The summed E-state index contributed by atoms with van der Waals surface area (Å²) in [6.07, 6.45) is 7.81. The van der Waals surface area contributed by atoms with Gasteiger partial charge in [0, 0.05) is 6.07 Å². The summed E-state index contributed by atoms with van der Waals surface area (Å²) in [6, 6.07) is 9.47. The predicted octanol–water partition coefficient (Wildman–Crippen LogP) is 4.71. The first-order valence-corrected chi connectivity index (χ1v) is 9.24. The molecule has 5 heteroatoms. The molecule has 0 atom stereocenters. The molecule has 2 N–H and O–H groups in total. The smallest absolute Gasteiger partial charge is 0.189 e. The summed E-state index contributed by atoms with van der Waals surface area (Å²) in [5.41, 5.74) is 0.930. The lowest BCUT2D eigenvalue weighted by Crippen LogP contribution is -2.11. The number of carbonyl (C=O) groups is 1. The third-order valence-corrected chi connectivity index (χ3v) is 4.54. The van der Waals surface area contributed by atoms with Crippen LogP contribution in [-0.2, 0) is 0 Å². The molecule has 2 aromatic carbocycles. The Morgan fingerprint density at radius 1 is 1.11 bits per heavy atom. The first kappa shape index (κ1) is 18.8. The van der Waals surface area contributed by atoms with E-state index in [0.717, 1.165) is 30.2 Å². The molecule has 1 aliphatic carbocycles. The maximum absolute atomic E-state index is 12.3. The zero-order valence-corrected chi connectivity index (χ0v) is 15.4. The van der Waals surface area contributed by atoms with Crippen molar-refractivity contribution < 1.29 is 24.5 Å². The minimum atomic E-state index is -0.350. The van der Waals surface area contributed by atoms with E-state index < -0.39 is 0 Å². The zero-order chi connectivity index (χ0) is 19.2. The Kier molecular flexibility index (Phi) is 6.01. The minimum Gasteiger partial charge on any atom is -0.508 e. The lowest BCUT2D eigenvalue weighted by molar-refractivity contribution is 0.104. The second-order valence-corrected chi connectivity index (χ2v) is 6.56. The molecular formula is C22H24O5. The molecule has 0 radical (unpaired) electrons. The highest BCUT2D eigenvalue weighted by atomic mass is 16.5. The number of benzene rings is 2. The van der Waals surface area contributed by atoms with Crippen LogP contribution in [0.1, 0.15) is 48.5 Å². The SMILES string of the molecule is CCOc1cc(/C=C/C(=O)c2ccc(O)cc2O)ccc1OC1CCCC1. The number of rotatable bonds is 7. The molecule has 0 spiro atoms. The van der Waals surface area contributed by atoms with E-state index in [2.05, 4.69) is 0 Å². The molecule has 3 rings (SSSR count). The molecule has 0 heterocycles. The van der Waals surface area contributed by atoms with Gasteiger partial charge in [0.15, 0.2) is 17.3 Å². The van der Waals surface area contributed by atoms with Gasteiger partial charge in [0.2, 0.25) is 0 Å². The van der Waals surface area contributed by atoms with Crippen LogP contribution in [-0.4, -0.2) is 28.7 Å². The highest BCUT2D eigenvalue weighted by Gasteiger charge is 2.18. The van der Waals surface area contributed by atoms with Crippen LogP contribution in [0.15, 0.2) is 42.5 Å². The van der Waals surface area contributed by atoms with Gasteiger partial charge < -0.3 is 19.7 Å². The molecule has 0 amide bonds. The Hall–Kier alpha value is -2.95. The maximum Gasteiger partial charge on any atom is 0.189 e. The first-order chi connectivity index (χ1) is 13.1. The summed E-state index contributed by atoms with van der Waals surface area (Å²) >= 11 is 0. The minimum absolute atomic E-state index is 0.0905. The number of phenols is 2. The summed E-state index contributed by atoms with van der Waals surface area (Å²) < 4.78 is 11.8. The first-order valence-electron chi connectivity index (χ1n) is 9.24. The quantitative estimate of drug-likeness (QED) is 0.546. The third-order valence-electron chi connectivity index (χ3n) is 4.54. The standard InChI is InChI=1S/C22H24O5/c1-2-26-22-13-15(8-12-21(22)27-17-5-3-4-6-17)7-11-19(24)18-10-9-16(23)14-20(18)25/h7-14,17,23,25H,2-6H2,1H3/b11-7+. The summed E-state index contributed by atoms with van der Waals surface area (Å²) in [6.45, 7) is 2.44. The van der Waals surface area contributed by atoms with Crippen LogP contribution in [0.25, 0.3) is 6.08 Å². The molecule has 0 unspecified atom stereocenters. The van der Waals surface area contributed by atoms with Crippen molar-refractivity contribution >= 4 is 11.9 Å². The van der Waals surface area contributed by atoms with Crippen LogP contribution in [0.4, 0.5) is 0 Å². The number of aromatic hydroxyl groups is 2. The Balaban J connectivity index is 1.76. The zero-order valence-electron chi connectivity index (χ0n) is 15.4. The van der Waals surface area contributed by atoms with Gasteiger partial charge in [0.05, 0.1) is 18.3 Å². The molecule has 0 bridgehead atoms. The number of hydrogen-bond donors (Lipinski definition) is 2. The summed E-state index contributed by atoms with van der Waals surface area (Å²) in [4.78, 5) is 12.3. The van der Waals surface area contributed by atoms with E-state index in [-0.39, 0.29) is 28.9 Å². The van der Waals surface area contributed by atoms with Crippen LogP contribution in [0.3, 0.4) is 0 Å². The Bertz CT molecular complexity index is 835. The van der Waals surface area contributed by atoms with E-state index in [9.17, 15) is 15.0 Å². The molecule has 2 aromatic rings. The van der Waals surface area contributed by atoms with Crippen molar-refractivity contribution in [2.45, 2.75) is 38.7 Å². The maximum atomic E-state index is 12.3. The molecular weight excluding hydrogens is 344 g/mol. The fraction of sp³-hybridized carbons (Fsp3) is 0.318. The molecule has 0 aromatic heterocycles. The van der Waals surface area contributed by atoms with Crippen molar-refractivity contribution in [3.63, 3.8) is 0 Å². The van der Waals surface area contributed by atoms with Gasteiger partial charge in [-0.3, -0.25) is 4.79 Å². The fourth-order valence-electron chi connectivity index (χ4n) is 3.17. The molecule has 1 fully saturated rings. The lowest BCUT2D eigenvalue weighted by atomic mass is 10.1. The van der Waals surface area contributed by atoms with Gasteiger partial charge in [0.1, 0.15) is 11.5 Å². The second kappa shape index (κ2) is 8.62. The molecule has 1 saturated carbocycles. The molecule has 5 nitrogen and oxygen atoms in total. The number of ether oxygens (including phenoxy) is 2. The fourth-order valence-corrected chi connectivity index (χ4v) is 3.17. The van der Waals surface area contributed by atoms with Crippen LogP contribution < -0.4 is 9.47 Å². The summed E-state index contributed by atoms with van der Waals surface area (Å²) in [5, 5.41) is 19.1. The van der Waals surface area contributed by atoms with E-state index in [1.807, 2.05) is 25.1 Å². The Morgan fingerprint density at radius 3 is 2.59 bits per heavy atom. The van der Waals surface area contributed by atoms with Crippen molar-refractivity contribution in [1.29, 1.82) is 0 Å². The van der Waals surface area contributed by atoms with Gasteiger partial charge >= 0.3 is 0 Å². The number of carbonyl (C=O) groups excluding carboxylic acids is 1. The number of hydrogen-bond acceptors (Lipinski definition) is 5. The number of allylic oxidation sites excluding steroid dienone is 1. The van der Waals surface area contributed by atoms with E-state index in [4.69, 9.17) is 9.47 Å². The van der Waals surface area contributed by atoms with Gasteiger partial charge in [-0.15, -0.1) is 0 Å². The van der Waals surface area contributed by atoms with Crippen molar-refractivity contribution in [3.8, 4) is 23.0 Å². The topological polar surface area (TPSA) is 76.0 Å². The van der Waals surface area contributed by atoms with Crippen molar-refractivity contribution in [1.82, 2.24) is 0 Å². The van der Waals surface area contributed by atoms with Crippen molar-refractivity contribution in [3.05, 3.63) is 53.6 Å². The molecule has 142 valence electrons. The molecule has 1 aliphatic rings. The van der Waals surface area contributed by atoms with Crippen LogP contribution >= 0.6 is 0 Å². The average Bonchev–Trinajstić information content (AvgIpc) is 3.15. The van der Waals surface area contributed by atoms with Crippen LogP contribution in [0.5, 0.6) is 23.0 Å². The van der Waals surface area contributed by atoms with Crippen LogP contribution in [0, 0.1) is 0 Å². The van der Waals surface area contributed by atoms with Gasteiger partial charge in [-0.1, -0.05) is 12.1 Å². The van der Waals surface area contributed by atoms with Crippen molar-refractivity contribution in [2.75, 3.05) is 6.61 Å². The highest BCUT2D eigenvalue weighted by molar-refractivity contribution is 6.08. The Labute approximate surface area is 158 Å². The van der Waals surface area contributed by atoms with Gasteiger partial charge in [-0.05, 0) is 68.5 Å². The van der Waals surface area contributed by atoms with Crippen molar-refractivity contribution in [2.24, 2.45) is 0 Å². The number of phenolic OH excluding ortho intramolecular Hbond substituents is 2. The molecule has 0 aliphatic heterocycles. The lowest BCUT2D eigenvalue weighted by Gasteiger charge is -2.17. The summed E-state index contributed by atoms with van der Waals surface area (Å²) in [5.74, 6) is 0.693. The monoisotopic (exact) mass is 368 g/mol. The van der Waals surface area contributed by atoms with Crippen LogP contribution in [0.2, 0.25) is 0 Å². The average molecular weight is 368 g/mol. The largest absolute Gasteiger partial charge is 0.508 e. The highest BCUT2D eigenvalue weighted by Crippen LogP contribution is 2.33. The van der Waals surface area contributed by atoms with Gasteiger partial charge in [-0.2, -0.15) is 0 Å². The van der Waals surface area contributed by atoms with Gasteiger partial charge in [0.25, 0.3) is 0 Å². The normalized spacial score (nSPS) is 14.6. The number of ketones is 1. The van der Waals surface area contributed by atoms with Gasteiger partial charge in [-0.25, -0.2) is 0 Å². The third kappa shape index (κ3) is 4.82. The molecule has 27 heavy (non-hydrogen) atoms. The van der Waals surface area contributed by atoms with E-state index in [0.29, 0.717) is 12.4 Å². The molecule has 0 saturated heterocycles. The second-order valence-electron chi connectivity index (χ2n) is 6.56.